The summed E-state index contributed by atoms with van der Waals surface area (Å²) in [5.41, 5.74) is -0.492. The minimum Gasteiger partial charge on any atom is -0.352 e. The fourth-order valence-electron chi connectivity index (χ4n) is 2.05. The summed E-state index contributed by atoms with van der Waals surface area (Å²) in [5, 5.41) is 11.5. The summed E-state index contributed by atoms with van der Waals surface area (Å²) in [7, 11) is 1.84. The standard InChI is InChI=1S/C12H11F3N4S/c1-19-5-6-20-11(19)16-10-9-7(12(13,14)15)3-2-4-8(9)17-18-10/h2-6,11H,1H3,(H2,16,17,18). The third-order valence-corrected chi connectivity index (χ3v) is 4.02. The predicted molar refractivity (Wildman–Crippen MR) is 73.0 cm³/mol. The van der Waals surface area contributed by atoms with E-state index in [1.54, 1.807) is 6.07 Å². The molecule has 106 valence electrons. The largest absolute Gasteiger partial charge is 0.417 e. The number of aromatic amines is 1. The summed E-state index contributed by atoms with van der Waals surface area (Å²) < 4.78 is 39.2. The van der Waals surface area contributed by atoms with Crippen molar-refractivity contribution in [3.05, 3.63) is 35.4 Å². The SMILES string of the molecule is CN1C=CSC1Nc1n[nH]c2cccc(C(F)(F)F)c12. The molecule has 0 saturated carbocycles. The maximum Gasteiger partial charge on any atom is 0.417 e. The van der Waals surface area contributed by atoms with E-state index in [1.165, 1.54) is 17.8 Å². The van der Waals surface area contributed by atoms with E-state index in [2.05, 4.69) is 15.5 Å². The normalized spacial score (nSPS) is 19.0. The van der Waals surface area contributed by atoms with Gasteiger partial charge in [-0.05, 0) is 17.5 Å². The second-order valence-electron chi connectivity index (χ2n) is 4.38. The zero-order chi connectivity index (χ0) is 14.3. The third-order valence-electron chi connectivity index (χ3n) is 3.03. The molecule has 0 fully saturated rings. The highest BCUT2D eigenvalue weighted by Crippen LogP contribution is 2.38. The molecule has 1 atom stereocenters. The van der Waals surface area contributed by atoms with Crippen LogP contribution in [0.25, 0.3) is 10.9 Å². The number of fused-ring (bicyclic) bond motifs is 1. The van der Waals surface area contributed by atoms with Crippen molar-refractivity contribution < 1.29 is 13.2 Å². The summed E-state index contributed by atoms with van der Waals surface area (Å²) in [6.45, 7) is 0. The van der Waals surface area contributed by atoms with Crippen LogP contribution in [0.1, 0.15) is 5.56 Å². The molecule has 4 nitrogen and oxygen atoms in total. The molecule has 0 spiro atoms. The molecule has 2 N–H and O–H groups in total. The van der Waals surface area contributed by atoms with Crippen molar-refractivity contribution in [2.75, 3.05) is 12.4 Å². The average molecular weight is 300 g/mol. The van der Waals surface area contributed by atoms with Gasteiger partial charge in [0.05, 0.1) is 16.5 Å². The highest BCUT2D eigenvalue weighted by Gasteiger charge is 2.34. The van der Waals surface area contributed by atoms with E-state index in [-0.39, 0.29) is 16.7 Å². The number of halogens is 3. The maximum absolute atomic E-state index is 13.1. The molecule has 20 heavy (non-hydrogen) atoms. The summed E-state index contributed by atoms with van der Waals surface area (Å²) in [5.74, 6) is 0.209. The number of H-pyrrole nitrogens is 1. The number of anilines is 1. The van der Waals surface area contributed by atoms with Gasteiger partial charge in [0, 0.05) is 13.2 Å². The number of aromatic nitrogens is 2. The monoisotopic (exact) mass is 300 g/mol. The highest BCUT2D eigenvalue weighted by molar-refractivity contribution is 8.03. The molecule has 0 saturated heterocycles. The van der Waals surface area contributed by atoms with Crippen LogP contribution in [-0.4, -0.2) is 27.6 Å². The number of thioether (sulfide) groups is 1. The number of hydrogen-bond donors (Lipinski definition) is 2. The van der Waals surface area contributed by atoms with Crippen molar-refractivity contribution in [1.82, 2.24) is 15.1 Å². The first kappa shape index (κ1) is 13.2. The van der Waals surface area contributed by atoms with Gasteiger partial charge < -0.3 is 10.2 Å². The molecule has 3 rings (SSSR count). The Morgan fingerprint density at radius 2 is 2.20 bits per heavy atom. The lowest BCUT2D eigenvalue weighted by Crippen LogP contribution is -2.28. The molecule has 0 bridgehead atoms. The summed E-state index contributed by atoms with van der Waals surface area (Å²) in [6.07, 6.45) is -2.56. The van der Waals surface area contributed by atoms with Crippen LogP contribution in [0.15, 0.2) is 29.8 Å². The van der Waals surface area contributed by atoms with Crippen LogP contribution in [0, 0.1) is 0 Å². The van der Waals surface area contributed by atoms with Crippen molar-refractivity contribution in [2.24, 2.45) is 0 Å². The van der Waals surface area contributed by atoms with Gasteiger partial charge >= 0.3 is 6.18 Å². The molecule has 1 aliphatic heterocycles. The Labute approximate surface area is 117 Å². The molecule has 8 heteroatoms. The van der Waals surface area contributed by atoms with Crippen molar-refractivity contribution in [1.29, 1.82) is 0 Å². The summed E-state index contributed by atoms with van der Waals surface area (Å²) in [6, 6.07) is 4.00. The van der Waals surface area contributed by atoms with Gasteiger partial charge in [-0.25, -0.2) is 0 Å². The van der Waals surface area contributed by atoms with Crippen LogP contribution >= 0.6 is 11.8 Å². The van der Waals surface area contributed by atoms with Crippen molar-refractivity contribution in [3.63, 3.8) is 0 Å². The Morgan fingerprint density at radius 1 is 1.40 bits per heavy atom. The number of benzene rings is 1. The third kappa shape index (κ3) is 2.20. The van der Waals surface area contributed by atoms with Crippen LogP contribution in [-0.2, 0) is 6.18 Å². The second-order valence-corrected chi connectivity index (χ2v) is 5.37. The smallest absolute Gasteiger partial charge is 0.352 e. The second kappa shape index (κ2) is 4.62. The molecule has 1 unspecified atom stereocenters. The summed E-state index contributed by atoms with van der Waals surface area (Å²) in [4.78, 5) is 1.86. The van der Waals surface area contributed by atoms with Gasteiger partial charge in [0.1, 0.15) is 0 Å². The van der Waals surface area contributed by atoms with Crippen LogP contribution in [0.2, 0.25) is 0 Å². The van der Waals surface area contributed by atoms with E-state index < -0.39 is 11.7 Å². The van der Waals surface area contributed by atoms with Crippen LogP contribution in [0.5, 0.6) is 0 Å². The summed E-state index contributed by atoms with van der Waals surface area (Å²) >= 11 is 1.47. The maximum atomic E-state index is 13.1. The Kier molecular flexibility index (Phi) is 3.04. The highest BCUT2D eigenvalue weighted by atomic mass is 32.2. The average Bonchev–Trinajstić information content (AvgIpc) is 2.96. The molecule has 1 aliphatic rings. The zero-order valence-corrected chi connectivity index (χ0v) is 11.2. The van der Waals surface area contributed by atoms with Gasteiger partial charge in [-0.1, -0.05) is 17.8 Å². The van der Waals surface area contributed by atoms with E-state index in [1.807, 2.05) is 23.6 Å². The predicted octanol–water partition coefficient (Wildman–Crippen LogP) is 3.43. The van der Waals surface area contributed by atoms with E-state index in [0.717, 1.165) is 6.07 Å². The molecular weight excluding hydrogens is 289 g/mol. The van der Waals surface area contributed by atoms with E-state index in [4.69, 9.17) is 0 Å². The lowest BCUT2D eigenvalue weighted by atomic mass is 10.1. The van der Waals surface area contributed by atoms with Crippen LogP contribution in [0.3, 0.4) is 0 Å². The minimum atomic E-state index is -4.41. The molecule has 0 aliphatic carbocycles. The zero-order valence-electron chi connectivity index (χ0n) is 10.4. The Bertz CT molecular complexity index is 664. The van der Waals surface area contributed by atoms with Crippen molar-refractivity contribution >= 4 is 28.5 Å². The lowest BCUT2D eigenvalue weighted by molar-refractivity contribution is -0.136. The van der Waals surface area contributed by atoms with Crippen molar-refractivity contribution in [2.45, 2.75) is 11.7 Å². The van der Waals surface area contributed by atoms with Crippen LogP contribution < -0.4 is 5.32 Å². The first-order valence-electron chi connectivity index (χ1n) is 5.82. The van der Waals surface area contributed by atoms with E-state index >= 15 is 0 Å². The Morgan fingerprint density at radius 3 is 2.85 bits per heavy atom. The van der Waals surface area contributed by atoms with Gasteiger partial charge in [-0.15, -0.1) is 0 Å². The topological polar surface area (TPSA) is 44.0 Å². The van der Waals surface area contributed by atoms with Gasteiger partial charge in [-0.3, -0.25) is 5.10 Å². The quantitative estimate of drug-likeness (QED) is 0.892. The van der Waals surface area contributed by atoms with Gasteiger partial charge in [0.25, 0.3) is 0 Å². The molecule has 0 amide bonds. The van der Waals surface area contributed by atoms with Crippen LogP contribution in [0.4, 0.5) is 19.0 Å². The number of nitrogens with zero attached hydrogens (tertiary/aromatic N) is 2. The van der Waals surface area contributed by atoms with E-state index in [9.17, 15) is 13.2 Å². The number of rotatable bonds is 2. The molecule has 2 aromatic rings. The Balaban J connectivity index is 2.03. The molecule has 1 aromatic carbocycles. The molecule has 1 aromatic heterocycles. The van der Waals surface area contributed by atoms with E-state index in [0.29, 0.717) is 5.52 Å². The number of alkyl halides is 3. The number of hydrogen-bond acceptors (Lipinski definition) is 4. The fourth-order valence-corrected chi connectivity index (χ4v) is 2.90. The molecule has 0 radical (unpaired) electrons. The fraction of sp³-hybridized carbons (Fsp3) is 0.250. The molecular formula is C12H11F3N4S. The van der Waals surface area contributed by atoms with Gasteiger partial charge in [0.15, 0.2) is 11.3 Å². The lowest BCUT2D eigenvalue weighted by Gasteiger charge is -2.21. The minimum absolute atomic E-state index is 0.0703. The first-order chi connectivity index (χ1) is 9.47. The first-order valence-corrected chi connectivity index (χ1v) is 6.76. The van der Waals surface area contributed by atoms with Gasteiger partial charge in [-0.2, -0.15) is 18.3 Å². The van der Waals surface area contributed by atoms with Crippen molar-refractivity contribution in [3.8, 4) is 0 Å². The van der Waals surface area contributed by atoms with Gasteiger partial charge in [0.2, 0.25) is 0 Å². The molecule has 2 heterocycles. The Hall–Kier alpha value is -1.83. The number of nitrogens with one attached hydrogen (secondary N) is 2.